The lowest BCUT2D eigenvalue weighted by molar-refractivity contribution is -0.139. The van der Waals surface area contributed by atoms with Crippen LogP contribution in [-0.2, 0) is 19.2 Å². The smallest absolute Gasteiger partial charge is 0.326 e. The Hall–Kier alpha value is -2.65. The second-order valence-electron chi connectivity index (χ2n) is 4.17. The standard InChI is InChI=1S/C10H14N4O6/c11-6(15)2-1-5(9(18)19)12-10(20)14-3-7(16)13-8(17)4-14/h5H,1-4H2,(H2,11,15)(H,12,20)(H,18,19)(H,13,16,17). The van der Waals surface area contributed by atoms with Gasteiger partial charge in [0.1, 0.15) is 19.1 Å². The van der Waals surface area contributed by atoms with E-state index in [0.717, 1.165) is 4.90 Å². The Labute approximate surface area is 113 Å². The van der Waals surface area contributed by atoms with E-state index in [2.05, 4.69) is 5.32 Å². The Bertz CT molecular complexity index is 447. The lowest BCUT2D eigenvalue weighted by atomic mass is 10.1. The number of carboxylic acid groups (broad SMARTS) is 1. The minimum absolute atomic E-state index is 0.176. The molecule has 1 aliphatic rings. The van der Waals surface area contributed by atoms with E-state index in [1.54, 1.807) is 0 Å². The van der Waals surface area contributed by atoms with Crippen LogP contribution in [0.1, 0.15) is 12.8 Å². The van der Waals surface area contributed by atoms with Gasteiger partial charge in [0.15, 0.2) is 0 Å². The molecule has 0 aliphatic carbocycles. The molecule has 5 amide bonds. The van der Waals surface area contributed by atoms with Gasteiger partial charge >= 0.3 is 12.0 Å². The van der Waals surface area contributed by atoms with Gasteiger partial charge in [-0.1, -0.05) is 0 Å². The molecular weight excluding hydrogens is 272 g/mol. The van der Waals surface area contributed by atoms with Crippen LogP contribution in [0.4, 0.5) is 4.79 Å². The van der Waals surface area contributed by atoms with Crippen LogP contribution in [-0.4, -0.2) is 58.9 Å². The van der Waals surface area contributed by atoms with E-state index in [1.807, 2.05) is 5.32 Å². The molecule has 5 N–H and O–H groups in total. The largest absolute Gasteiger partial charge is 0.480 e. The number of hydrogen-bond acceptors (Lipinski definition) is 5. The van der Waals surface area contributed by atoms with Crippen molar-refractivity contribution in [2.45, 2.75) is 18.9 Å². The number of nitrogens with zero attached hydrogens (tertiary/aromatic N) is 1. The van der Waals surface area contributed by atoms with Crippen molar-refractivity contribution in [3.63, 3.8) is 0 Å². The summed E-state index contributed by atoms with van der Waals surface area (Å²) in [5.41, 5.74) is 4.90. The van der Waals surface area contributed by atoms with Crippen LogP contribution in [0, 0.1) is 0 Å². The Kier molecular flexibility index (Phi) is 5.01. The first-order valence-corrected chi connectivity index (χ1v) is 5.69. The van der Waals surface area contributed by atoms with E-state index in [1.165, 1.54) is 0 Å². The third-order valence-corrected chi connectivity index (χ3v) is 2.51. The maximum Gasteiger partial charge on any atom is 0.326 e. The van der Waals surface area contributed by atoms with Gasteiger partial charge in [-0.3, -0.25) is 19.7 Å². The lowest BCUT2D eigenvalue weighted by Gasteiger charge is -2.27. The molecule has 10 heteroatoms. The minimum atomic E-state index is -1.34. The van der Waals surface area contributed by atoms with Gasteiger partial charge in [-0.2, -0.15) is 0 Å². The molecule has 1 atom stereocenters. The third-order valence-electron chi connectivity index (χ3n) is 2.51. The quantitative estimate of drug-likeness (QED) is 0.405. The van der Waals surface area contributed by atoms with Gasteiger partial charge in [0.25, 0.3) is 0 Å². The average Bonchev–Trinajstić information content (AvgIpc) is 2.32. The Morgan fingerprint density at radius 2 is 1.85 bits per heavy atom. The number of rotatable bonds is 5. The van der Waals surface area contributed by atoms with Crippen LogP contribution in [0.15, 0.2) is 0 Å². The third kappa shape index (κ3) is 4.55. The number of urea groups is 1. The molecule has 1 heterocycles. The van der Waals surface area contributed by atoms with Crippen LogP contribution in [0.5, 0.6) is 0 Å². The Morgan fingerprint density at radius 1 is 1.30 bits per heavy atom. The molecule has 0 spiro atoms. The number of carbonyl (C=O) groups excluding carboxylic acids is 4. The number of nitrogens with two attached hydrogens (primary N) is 1. The summed E-state index contributed by atoms with van der Waals surface area (Å²) in [5.74, 6) is -3.34. The number of nitrogens with one attached hydrogen (secondary N) is 2. The maximum atomic E-state index is 11.8. The highest BCUT2D eigenvalue weighted by Crippen LogP contribution is 2.01. The van der Waals surface area contributed by atoms with Gasteiger partial charge in [0.2, 0.25) is 17.7 Å². The van der Waals surface area contributed by atoms with Crippen LogP contribution >= 0.6 is 0 Å². The van der Waals surface area contributed by atoms with Crippen molar-refractivity contribution < 1.29 is 29.1 Å². The van der Waals surface area contributed by atoms with E-state index in [0.29, 0.717) is 0 Å². The van der Waals surface area contributed by atoms with E-state index < -0.39 is 35.8 Å². The van der Waals surface area contributed by atoms with Crippen molar-refractivity contribution in [2.75, 3.05) is 13.1 Å². The van der Waals surface area contributed by atoms with Crippen molar-refractivity contribution in [3.05, 3.63) is 0 Å². The Balaban J connectivity index is 2.61. The normalized spacial score (nSPS) is 16.3. The predicted molar refractivity (Wildman–Crippen MR) is 63.1 cm³/mol. The molecule has 0 radical (unpaired) electrons. The van der Waals surface area contributed by atoms with Gasteiger partial charge in [-0.15, -0.1) is 0 Å². The molecular formula is C10H14N4O6. The summed E-state index contributed by atoms with van der Waals surface area (Å²) in [5, 5.41) is 13.0. The van der Waals surface area contributed by atoms with Gasteiger partial charge in [0, 0.05) is 6.42 Å². The molecule has 20 heavy (non-hydrogen) atoms. The van der Waals surface area contributed by atoms with Crippen molar-refractivity contribution in [2.24, 2.45) is 5.73 Å². The van der Waals surface area contributed by atoms with Gasteiger partial charge in [-0.25, -0.2) is 9.59 Å². The highest BCUT2D eigenvalue weighted by atomic mass is 16.4. The molecule has 1 aliphatic heterocycles. The van der Waals surface area contributed by atoms with E-state index in [-0.39, 0.29) is 25.9 Å². The summed E-state index contributed by atoms with van der Waals surface area (Å²) in [6.07, 6.45) is -0.388. The molecule has 0 aromatic rings. The molecule has 0 bridgehead atoms. The average molecular weight is 286 g/mol. The van der Waals surface area contributed by atoms with E-state index >= 15 is 0 Å². The maximum absolute atomic E-state index is 11.8. The monoisotopic (exact) mass is 286 g/mol. The van der Waals surface area contributed by atoms with E-state index in [9.17, 15) is 24.0 Å². The summed E-state index contributed by atoms with van der Waals surface area (Å²) in [6, 6.07) is -2.19. The number of imide groups is 1. The fourth-order valence-electron chi connectivity index (χ4n) is 1.57. The number of piperazine rings is 1. The van der Waals surface area contributed by atoms with Crippen LogP contribution in [0.3, 0.4) is 0 Å². The summed E-state index contributed by atoms with van der Waals surface area (Å²) in [4.78, 5) is 56.3. The van der Waals surface area contributed by atoms with Crippen molar-refractivity contribution in [3.8, 4) is 0 Å². The SMILES string of the molecule is NC(=O)CCC(NC(=O)N1CC(=O)NC(=O)C1)C(=O)O. The lowest BCUT2D eigenvalue weighted by Crippen LogP contribution is -2.57. The molecule has 0 aromatic carbocycles. The van der Waals surface area contributed by atoms with Gasteiger partial charge < -0.3 is 21.1 Å². The highest BCUT2D eigenvalue weighted by molar-refractivity contribution is 6.02. The van der Waals surface area contributed by atoms with Crippen molar-refractivity contribution in [1.29, 1.82) is 0 Å². The summed E-state index contributed by atoms with van der Waals surface area (Å²) in [7, 11) is 0. The summed E-state index contributed by atoms with van der Waals surface area (Å²) in [6.45, 7) is -0.695. The summed E-state index contributed by atoms with van der Waals surface area (Å²) >= 11 is 0. The first-order valence-electron chi connectivity index (χ1n) is 5.69. The zero-order valence-corrected chi connectivity index (χ0v) is 10.4. The second kappa shape index (κ2) is 6.50. The van der Waals surface area contributed by atoms with Gasteiger partial charge in [0.05, 0.1) is 0 Å². The predicted octanol–water partition coefficient (Wildman–Crippen LogP) is -2.63. The minimum Gasteiger partial charge on any atom is -0.480 e. The molecule has 0 aromatic heterocycles. The highest BCUT2D eigenvalue weighted by Gasteiger charge is 2.29. The fraction of sp³-hybridized carbons (Fsp3) is 0.500. The number of carboxylic acids is 1. The first kappa shape index (κ1) is 15.4. The number of carbonyl (C=O) groups is 5. The van der Waals surface area contributed by atoms with Crippen LogP contribution in [0.2, 0.25) is 0 Å². The number of amides is 5. The number of primary amides is 1. The molecule has 10 nitrogen and oxygen atoms in total. The summed E-state index contributed by atoms with van der Waals surface area (Å²) < 4.78 is 0. The fourth-order valence-corrected chi connectivity index (χ4v) is 1.57. The zero-order chi connectivity index (χ0) is 15.3. The molecule has 1 unspecified atom stereocenters. The zero-order valence-electron chi connectivity index (χ0n) is 10.4. The molecule has 110 valence electrons. The van der Waals surface area contributed by atoms with Gasteiger partial charge in [-0.05, 0) is 6.42 Å². The topological polar surface area (TPSA) is 159 Å². The van der Waals surface area contributed by atoms with Crippen molar-refractivity contribution >= 4 is 29.7 Å². The molecule has 1 saturated heterocycles. The molecule has 1 rings (SSSR count). The molecule has 1 fully saturated rings. The van der Waals surface area contributed by atoms with Crippen LogP contribution < -0.4 is 16.4 Å². The molecule has 0 saturated carbocycles. The number of aliphatic carboxylic acids is 1. The van der Waals surface area contributed by atoms with Crippen molar-refractivity contribution in [1.82, 2.24) is 15.5 Å². The van der Waals surface area contributed by atoms with E-state index in [4.69, 9.17) is 10.8 Å². The second-order valence-corrected chi connectivity index (χ2v) is 4.17. The first-order chi connectivity index (χ1) is 9.29. The number of hydrogen-bond donors (Lipinski definition) is 4. The van der Waals surface area contributed by atoms with Crippen LogP contribution in [0.25, 0.3) is 0 Å². The Morgan fingerprint density at radius 3 is 2.30 bits per heavy atom.